The molecular formula is C22H23N9S2. The van der Waals surface area contributed by atoms with Crippen molar-refractivity contribution in [2.45, 2.75) is 37.8 Å². The number of thiazole rings is 2. The van der Waals surface area contributed by atoms with Crippen LogP contribution in [0, 0.1) is 0 Å². The number of aromatic amines is 2. The number of hydrogen-bond donors (Lipinski definition) is 4. The van der Waals surface area contributed by atoms with Gasteiger partial charge in [-0.05, 0) is 44.4 Å². The van der Waals surface area contributed by atoms with E-state index in [0.717, 1.165) is 85.8 Å². The molecule has 4 aromatic heterocycles. The maximum atomic E-state index is 6.10. The Kier molecular flexibility index (Phi) is 4.59. The lowest BCUT2D eigenvalue weighted by molar-refractivity contribution is 0.258. The fraction of sp³-hybridized carbons (Fsp3) is 0.364. The number of imidazole rings is 2. The first-order chi connectivity index (χ1) is 16.2. The molecule has 2 fully saturated rings. The average Bonchev–Trinajstić information content (AvgIpc) is 3.62. The Balaban J connectivity index is 1.19. The van der Waals surface area contributed by atoms with E-state index in [1.165, 1.54) is 6.42 Å². The standard InChI is InChI=1S/C22H23N9S2/c23-31-6-2-4-16(31)20-26-10-15(28-20)22-30-13-8-17-12(7-18(13)33-22)29-21(32-17)14-9-25-19(27-14)11-3-1-5-24-11/h7-11,16,24H,1-6,23H2,(H,25,27)(H,26,28). The van der Waals surface area contributed by atoms with Crippen molar-refractivity contribution in [3.05, 3.63) is 36.2 Å². The van der Waals surface area contributed by atoms with Crippen molar-refractivity contribution >= 4 is 43.1 Å². The van der Waals surface area contributed by atoms with Gasteiger partial charge < -0.3 is 15.3 Å². The molecule has 33 heavy (non-hydrogen) atoms. The quantitative estimate of drug-likeness (QED) is 0.287. The van der Waals surface area contributed by atoms with Crippen LogP contribution in [-0.2, 0) is 0 Å². The summed E-state index contributed by atoms with van der Waals surface area (Å²) in [6, 6.07) is 4.76. The lowest BCUT2D eigenvalue weighted by atomic mass is 10.2. The second kappa shape index (κ2) is 7.67. The van der Waals surface area contributed by atoms with Gasteiger partial charge in [0.15, 0.2) is 0 Å². The Hall–Kier alpha value is -2.70. The van der Waals surface area contributed by atoms with Crippen LogP contribution >= 0.6 is 22.7 Å². The Labute approximate surface area is 197 Å². The number of nitrogens with one attached hydrogen (secondary N) is 3. The molecule has 0 amide bonds. The summed E-state index contributed by atoms with van der Waals surface area (Å²) < 4.78 is 2.24. The van der Waals surface area contributed by atoms with E-state index in [1.807, 2.05) is 17.4 Å². The van der Waals surface area contributed by atoms with Gasteiger partial charge in [-0.2, -0.15) is 0 Å². The van der Waals surface area contributed by atoms with E-state index in [1.54, 1.807) is 22.7 Å². The first-order valence-electron chi connectivity index (χ1n) is 11.3. The first-order valence-corrected chi connectivity index (χ1v) is 12.9. The van der Waals surface area contributed by atoms with Gasteiger partial charge in [0.05, 0.1) is 56.3 Å². The van der Waals surface area contributed by atoms with Gasteiger partial charge in [0.1, 0.15) is 21.7 Å². The maximum Gasteiger partial charge on any atom is 0.142 e. The number of hydrogen-bond acceptors (Lipinski definition) is 9. The molecule has 5 N–H and O–H groups in total. The smallest absolute Gasteiger partial charge is 0.142 e. The highest BCUT2D eigenvalue weighted by Crippen LogP contribution is 2.37. The lowest BCUT2D eigenvalue weighted by Gasteiger charge is -2.15. The number of fused-ring (bicyclic) bond motifs is 2. The van der Waals surface area contributed by atoms with Crippen LogP contribution in [0.4, 0.5) is 0 Å². The molecule has 9 nitrogen and oxygen atoms in total. The SMILES string of the molecule is NN1CCCC1c1ncc(-c2nc3cc4sc(-c5cnc(C6CCCN6)[nH]5)nc4cc3s2)[nH]1. The molecule has 168 valence electrons. The zero-order valence-electron chi connectivity index (χ0n) is 17.8. The number of hydrazine groups is 1. The van der Waals surface area contributed by atoms with E-state index >= 15 is 0 Å². The zero-order chi connectivity index (χ0) is 21.9. The van der Waals surface area contributed by atoms with Crippen molar-refractivity contribution in [2.75, 3.05) is 13.1 Å². The molecular weight excluding hydrogens is 454 g/mol. The molecule has 0 aliphatic carbocycles. The molecule has 2 aliphatic heterocycles. The van der Waals surface area contributed by atoms with E-state index in [2.05, 4.69) is 37.4 Å². The van der Waals surface area contributed by atoms with Crippen molar-refractivity contribution in [1.82, 2.24) is 40.2 Å². The van der Waals surface area contributed by atoms with Crippen molar-refractivity contribution in [3.8, 4) is 21.4 Å². The summed E-state index contributed by atoms with van der Waals surface area (Å²) >= 11 is 3.33. The van der Waals surface area contributed by atoms with Crippen molar-refractivity contribution < 1.29 is 0 Å². The lowest BCUT2D eigenvalue weighted by Crippen LogP contribution is -2.30. The molecule has 1 aromatic carbocycles. The minimum absolute atomic E-state index is 0.161. The monoisotopic (exact) mass is 477 g/mol. The van der Waals surface area contributed by atoms with Crippen molar-refractivity contribution in [3.63, 3.8) is 0 Å². The Morgan fingerprint density at radius 1 is 0.879 bits per heavy atom. The van der Waals surface area contributed by atoms with Crippen molar-refractivity contribution in [1.29, 1.82) is 0 Å². The van der Waals surface area contributed by atoms with Gasteiger partial charge in [0.25, 0.3) is 0 Å². The predicted molar refractivity (Wildman–Crippen MR) is 131 cm³/mol. The van der Waals surface area contributed by atoms with Gasteiger partial charge in [-0.1, -0.05) is 0 Å². The third kappa shape index (κ3) is 3.39. The Morgan fingerprint density at radius 3 is 2.15 bits per heavy atom. The highest BCUT2D eigenvalue weighted by atomic mass is 32.1. The maximum absolute atomic E-state index is 6.10. The molecule has 0 radical (unpaired) electrons. The number of H-pyrrole nitrogens is 2. The fourth-order valence-electron chi connectivity index (χ4n) is 4.82. The summed E-state index contributed by atoms with van der Waals surface area (Å²) in [5, 5.41) is 7.25. The van der Waals surface area contributed by atoms with Crippen LogP contribution in [0.1, 0.15) is 49.4 Å². The normalized spacial score (nSPS) is 21.7. The van der Waals surface area contributed by atoms with Gasteiger partial charge in [0.2, 0.25) is 0 Å². The summed E-state index contributed by atoms with van der Waals surface area (Å²) in [6.45, 7) is 1.96. The van der Waals surface area contributed by atoms with E-state index in [4.69, 9.17) is 15.8 Å². The van der Waals surface area contributed by atoms with Crippen LogP contribution in [0.3, 0.4) is 0 Å². The summed E-state index contributed by atoms with van der Waals surface area (Å²) in [4.78, 5) is 25.8. The molecule has 0 saturated carbocycles. The summed E-state index contributed by atoms with van der Waals surface area (Å²) in [6.07, 6.45) is 8.21. The number of rotatable bonds is 4. The molecule has 2 atom stereocenters. The van der Waals surface area contributed by atoms with Gasteiger partial charge >= 0.3 is 0 Å². The third-order valence-corrected chi connectivity index (χ3v) is 8.65. The number of benzene rings is 1. The minimum atomic E-state index is 0.161. The van der Waals surface area contributed by atoms with E-state index < -0.39 is 0 Å². The molecule has 0 spiro atoms. The molecule has 5 aromatic rings. The van der Waals surface area contributed by atoms with Crippen LogP contribution in [0.25, 0.3) is 41.8 Å². The number of aromatic nitrogens is 6. The highest BCUT2D eigenvalue weighted by Gasteiger charge is 2.26. The molecule has 11 heteroatoms. The fourth-order valence-corrected chi connectivity index (χ4v) is 6.71. The van der Waals surface area contributed by atoms with Gasteiger partial charge in [-0.25, -0.2) is 24.9 Å². The zero-order valence-corrected chi connectivity index (χ0v) is 19.5. The van der Waals surface area contributed by atoms with Crippen LogP contribution in [-0.4, -0.2) is 48.0 Å². The predicted octanol–water partition coefficient (Wildman–Crippen LogP) is 4.12. The minimum Gasteiger partial charge on any atom is -0.339 e. The van der Waals surface area contributed by atoms with E-state index in [0.29, 0.717) is 6.04 Å². The number of nitrogens with two attached hydrogens (primary N) is 1. The summed E-state index contributed by atoms with van der Waals surface area (Å²) in [5.41, 5.74) is 3.88. The third-order valence-electron chi connectivity index (χ3n) is 6.55. The van der Waals surface area contributed by atoms with Crippen molar-refractivity contribution in [2.24, 2.45) is 5.84 Å². The Bertz CT molecular complexity index is 1400. The number of nitrogens with zero attached hydrogens (tertiary/aromatic N) is 5. The largest absolute Gasteiger partial charge is 0.339 e. The van der Waals surface area contributed by atoms with Crippen LogP contribution in [0.5, 0.6) is 0 Å². The van der Waals surface area contributed by atoms with E-state index in [-0.39, 0.29) is 6.04 Å². The molecule has 2 saturated heterocycles. The van der Waals surface area contributed by atoms with E-state index in [9.17, 15) is 0 Å². The first kappa shape index (κ1) is 19.7. The second-order valence-corrected chi connectivity index (χ2v) is 10.8. The highest BCUT2D eigenvalue weighted by molar-refractivity contribution is 7.23. The van der Waals surface area contributed by atoms with Gasteiger partial charge in [-0.3, -0.25) is 5.84 Å². The topological polar surface area (TPSA) is 124 Å². The van der Waals surface area contributed by atoms with Crippen LogP contribution < -0.4 is 11.2 Å². The molecule has 6 heterocycles. The van der Waals surface area contributed by atoms with Gasteiger partial charge in [0, 0.05) is 6.54 Å². The second-order valence-electron chi connectivity index (χ2n) is 8.73. The summed E-state index contributed by atoms with van der Waals surface area (Å²) in [5.74, 6) is 8.02. The molecule has 0 bridgehead atoms. The van der Waals surface area contributed by atoms with Gasteiger partial charge in [-0.15, -0.1) is 22.7 Å². The summed E-state index contributed by atoms with van der Waals surface area (Å²) in [7, 11) is 0. The molecule has 7 rings (SSSR count). The average molecular weight is 478 g/mol. The Morgan fingerprint density at radius 2 is 1.55 bits per heavy atom. The van der Waals surface area contributed by atoms with Crippen LogP contribution in [0.15, 0.2) is 24.5 Å². The molecule has 2 aliphatic rings. The van der Waals surface area contributed by atoms with Crippen LogP contribution in [0.2, 0.25) is 0 Å². The molecule has 2 unspecified atom stereocenters.